The number of hydrogen-bond donors (Lipinski definition) is 2. The minimum atomic E-state index is -0.926. The third-order valence-corrected chi connectivity index (χ3v) is 5.57. The van der Waals surface area contributed by atoms with Gasteiger partial charge in [-0.25, -0.2) is 9.59 Å². The van der Waals surface area contributed by atoms with Crippen molar-refractivity contribution < 1.29 is 24.2 Å². The highest BCUT2D eigenvalue weighted by Gasteiger charge is 2.33. The molecule has 1 heterocycles. The van der Waals surface area contributed by atoms with Crippen LogP contribution in [0.25, 0.3) is 0 Å². The van der Waals surface area contributed by atoms with Crippen molar-refractivity contribution in [2.24, 2.45) is 0 Å². The molecule has 0 radical (unpaired) electrons. The molecule has 176 valence electrons. The van der Waals surface area contributed by atoms with E-state index in [0.29, 0.717) is 6.54 Å². The van der Waals surface area contributed by atoms with Gasteiger partial charge in [0.25, 0.3) is 0 Å². The molecule has 1 fully saturated rings. The van der Waals surface area contributed by atoms with E-state index < -0.39 is 11.6 Å². The molecule has 1 aliphatic rings. The Morgan fingerprint density at radius 1 is 1.00 bits per heavy atom. The van der Waals surface area contributed by atoms with E-state index >= 15 is 0 Å². The van der Waals surface area contributed by atoms with Crippen molar-refractivity contribution in [2.75, 3.05) is 11.9 Å². The van der Waals surface area contributed by atoms with Crippen molar-refractivity contribution in [1.29, 1.82) is 0 Å². The Kier molecular flexibility index (Phi) is 7.74. The third kappa shape index (κ3) is 7.34. The zero-order valence-corrected chi connectivity index (χ0v) is 19.5. The molecule has 0 bridgehead atoms. The molecule has 7 nitrogen and oxygen atoms in total. The number of carboxylic acid groups (broad SMARTS) is 1. The van der Waals surface area contributed by atoms with Gasteiger partial charge in [-0.15, -0.1) is 0 Å². The zero-order valence-electron chi connectivity index (χ0n) is 19.5. The second-order valence-electron chi connectivity index (χ2n) is 9.42. The number of aromatic carboxylic acids is 1. The summed E-state index contributed by atoms with van der Waals surface area (Å²) < 4.78 is 5.47. The number of hydrogen-bond acceptors (Lipinski definition) is 4. The monoisotopic (exact) mass is 452 g/mol. The van der Waals surface area contributed by atoms with Crippen LogP contribution in [0.3, 0.4) is 0 Å². The lowest BCUT2D eigenvalue weighted by atomic mass is 10.0. The number of ether oxygens (including phenoxy) is 1. The van der Waals surface area contributed by atoms with Gasteiger partial charge in [-0.2, -0.15) is 0 Å². The Bertz CT molecular complexity index is 977. The fourth-order valence-corrected chi connectivity index (χ4v) is 3.89. The van der Waals surface area contributed by atoms with Gasteiger partial charge in [0.1, 0.15) is 5.60 Å². The summed E-state index contributed by atoms with van der Waals surface area (Å²) in [5.41, 5.74) is 2.64. The van der Waals surface area contributed by atoms with E-state index in [1.807, 2.05) is 57.2 Å². The van der Waals surface area contributed by atoms with Crippen molar-refractivity contribution in [3.63, 3.8) is 0 Å². The van der Waals surface area contributed by atoms with Crippen molar-refractivity contribution in [3.05, 3.63) is 65.2 Å². The first-order valence-electron chi connectivity index (χ1n) is 11.3. The molecule has 2 N–H and O–H groups in total. The lowest BCUT2D eigenvalue weighted by Gasteiger charge is -2.28. The van der Waals surface area contributed by atoms with Gasteiger partial charge in [-0.1, -0.05) is 24.3 Å². The van der Waals surface area contributed by atoms with Crippen molar-refractivity contribution in [2.45, 2.75) is 64.5 Å². The summed E-state index contributed by atoms with van der Waals surface area (Å²) >= 11 is 0. The van der Waals surface area contributed by atoms with Crippen LogP contribution in [0.15, 0.2) is 48.5 Å². The lowest BCUT2D eigenvalue weighted by molar-refractivity contribution is -0.117. The van der Waals surface area contributed by atoms with Crippen molar-refractivity contribution >= 4 is 23.7 Å². The predicted molar refractivity (Wildman–Crippen MR) is 126 cm³/mol. The van der Waals surface area contributed by atoms with Crippen molar-refractivity contribution in [1.82, 2.24) is 4.90 Å². The quantitative estimate of drug-likeness (QED) is 0.623. The molecule has 1 aliphatic heterocycles. The number of carboxylic acids is 1. The van der Waals surface area contributed by atoms with E-state index in [1.54, 1.807) is 17.0 Å². The zero-order chi connectivity index (χ0) is 24.0. The number of amides is 2. The largest absolute Gasteiger partial charge is 0.478 e. The molecule has 0 saturated carbocycles. The molecule has 0 spiro atoms. The van der Waals surface area contributed by atoms with Crippen LogP contribution in [0.5, 0.6) is 0 Å². The van der Waals surface area contributed by atoms with Crippen LogP contribution in [0.4, 0.5) is 10.5 Å². The lowest BCUT2D eigenvalue weighted by Crippen LogP contribution is -2.41. The molecule has 7 heteroatoms. The molecule has 0 aliphatic carbocycles. The summed E-state index contributed by atoms with van der Waals surface area (Å²) in [7, 11) is 0. The molecule has 2 aromatic carbocycles. The predicted octanol–water partition coefficient (Wildman–Crippen LogP) is 4.90. The van der Waals surface area contributed by atoms with Gasteiger partial charge < -0.3 is 20.1 Å². The molecule has 0 aromatic heterocycles. The average molecular weight is 453 g/mol. The van der Waals surface area contributed by atoms with E-state index in [2.05, 4.69) is 5.32 Å². The van der Waals surface area contributed by atoms with Gasteiger partial charge in [0.15, 0.2) is 0 Å². The highest BCUT2D eigenvalue weighted by molar-refractivity contribution is 5.91. The van der Waals surface area contributed by atoms with Crippen LogP contribution in [-0.4, -0.2) is 46.2 Å². The first-order chi connectivity index (χ1) is 15.6. The molecule has 0 unspecified atom stereocenters. The summed E-state index contributed by atoms with van der Waals surface area (Å²) in [6, 6.07) is 14.5. The first-order valence-corrected chi connectivity index (χ1v) is 11.3. The van der Waals surface area contributed by atoms with Crippen LogP contribution in [0.2, 0.25) is 0 Å². The molecule has 33 heavy (non-hydrogen) atoms. The summed E-state index contributed by atoms with van der Waals surface area (Å²) in [6.07, 6.45) is 3.15. The summed E-state index contributed by atoms with van der Waals surface area (Å²) in [4.78, 5) is 37.6. The van der Waals surface area contributed by atoms with Crippen LogP contribution in [0, 0.1) is 0 Å². The highest BCUT2D eigenvalue weighted by atomic mass is 16.6. The number of aryl methyl sites for hydroxylation is 2. The van der Waals surface area contributed by atoms with Gasteiger partial charge in [0, 0.05) is 24.7 Å². The Morgan fingerprint density at radius 3 is 2.12 bits per heavy atom. The van der Waals surface area contributed by atoms with Gasteiger partial charge in [-0.05, 0) is 81.8 Å². The first kappa shape index (κ1) is 24.3. The maximum absolute atomic E-state index is 12.6. The third-order valence-electron chi connectivity index (χ3n) is 5.57. The smallest absolute Gasteiger partial charge is 0.410 e. The maximum atomic E-state index is 12.6. The number of carbonyl (C=O) groups is 3. The maximum Gasteiger partial charge on any atom is 0.410 e. The topological polar surface area (TPSA) is 95.9 Å². The Labute approximate surface area is 194 Å². The normalized spacial score (nSPS) is 15.8. The molecule has 2 amide bonds. The number of nitrogens with zero attached hydrogens (tertiary/aromatic N) is 1. The number of carbonyl (C=O) groups excluding carboxylic acids is 2. The fraction of sp³-hybridized carbons (Fsp3) is 0.423. The minimum absolute atomic E-state index is 0.123. The Hall–Kier alpha value is -3.35. The molecule has 1 atom stereocenters. The van der Waals surface area contributed by atoms with E-state index in [-0.39, 0.29) is 30.0 Å². The molecule has 3 rings (SSSR count). The van der Waals surface area contributed by atoms with E-state index in [1.165, 1.54) is 0 Å². The number of anilines is 1. The highest BCUT2D eigenvalue weighted by Crippen LogP contribution is 2.23. The minimum Gasteiger partial charge on any atom is -0.478 e. The number of likely N-dealkylation sites (tertiary alicyclic amines) is 1. The van der Waals surface area contributed by atoms with Crippen LogP contribution in [-0.2, 0) is 22.4 Å². The SMILES string of the molecule is CC(C)(C)OC(=O)N1CCC[C@@H]1CC(=O)Nc1ccc(CCc2ccc(C(=O)O)cc2)cc1. The molecular weight excluding hydrogens is 420 g/mol. The number of rotatable bonds is 7. The van der Waals surface area contributed by atoms with Gasteiger partial charge in [-0.3, -0.25) is 4.79 Å². The summed E-state index contributed by atoms with van der Waals surface area (Å²) in [6.45, 7) is 6.12. The van der Waals surface area contributed by atoms with Crippen molar-refractivity contribution in [3.8, 4) is 0 Å². The van der Waals surface area contributed by atoms with E-state index in [4.69, 9.17) is 9.84 Å². The van der Waals surface area contributed by atoms with Gasteiger partial charge in [0.2, 0.25) is 5.91 Å². The molecule has 2 aromatic rings. The molecular formula is C26H32N2O5. The Balaban J connectivity index is 1.48. The van der Waals surface area contributed by atoms with E-state index in [9.17, 15) is 14.4 Å². The van der Waals surface area contributed by atoms with Crippen LogP contribution in [0.1, 0.15) is 61.5 Å². The van der Waals surface area contributed by atoms with Gasteiger partial charge >= 0.3 is 12.1 Å². The molecule has 1 saturated heterocycles. The second-order valence-corrected chi connectivity index (χ2v) is 9.42. The van der Waals surface area contributed by atoms with Crippen LogP contribution >= 0.6 is 0 Å². The van der Waals surface area contributed by atoms with Gasteiger partial charge in [0.05, 0.1) is 5.56 Å². The van der Waals surface area contributed by atoms with Crippen LogP contribution < -0.4 is 5.32 Å². The number of benzene rings is 2. The van der Waals surface area contributed by atoms with E-state index in [0.717, 1.165) is 42.5 Å². The number of nitrogens with one attached hydrogen (secondary N) is 1. The summed E-state index contributed by atoms with van der Waals surface area (Å²) in [5, 5.41) is 11.9. The fourth-order valence-electron chi connectivity index (χ4n) is 3.89. The summed E-state index contributed by atoms with van der Waals surface area (Å²) in [5.74, 6) is -1.05. The Morgan fingerprint density at radius 2 is 1.58 bits per heavy atom. The second kappa shape index (κ2) is 10.5. The standard InChI is InChI=1S/C26H32N2O5/c1-26(2,3)33-25(32)28-16-4-5-22(28)17-23(29)27-21-14-10-19(11-15-21)7-6-18-8-12-20(13-9-18)24(30)31/h8-15,22H,4-7,16-17H2,1-3H3,(H,27,29)(H,30,31)/t22-/m1/s1. The average Bonchev–Trinajstić information content (AvgIpc) is 3.20.